The number of hydrogen-bond donors (Lipinski definition) is 1. The predicted octanol–water partition coefficient (Wildman–Crippen LogP) is 3.45. The number of ether oxygens (including phenoxy) is 1. The van der Waals surface area contributed by atoms with Gasteiger partial charge in [0.25, 0.3) is 5.91 Å². The molecule has 1 aliphatic rings. The van der Waals surface area contributed by atoms with Crippen LogP contribution in [0.1, 0.15) is 24.5 Å². The molecule has 1 heterocycles. The smallest absolute Gasteiger partial charge is 0.256 e. The minimum absolute atomic E-state index is 0.152. The Morgan fingerprint density at radius 3 is 2.44 bits per heavy atom. The third-order valence-corrected chi connectivity index (χ3v) is 4.40. The molecule has 1 N–H and O–H groups in total. The van der Waals surface area contributed by atoms with Crippen LogP contribution in [0.3, 0.4) is 0 Å². The molecule has 0 bridgehead atoms. The first-order valence-corrected chi connectivity index (χ1v) is 8.43. The molecule has 1 atom stereocenters. The summed E-state index contributed by atoms with van der Waals surface area (Å²) in [4.78, 5) is 26.3. The topological polar surface area (TPSA) is 58.6 Å². The summed E-state index contributed by atoms with van der Waals surface area (Å²) in [5.41, 5.74) is 3.61. The van der Waals surface area contributed by atoms with Crippen LogP contribution in [-0.4, -0.2) is 24.5 Å². The summed E-state index contributed by atoms with van der Waals surface area (Å²) < 4.78 is 5.41. The van der Waals surface area contributed by atoms with Crippen LogP contribution < -0.4 is 15.0 Å². The lowest BCUT2D eigenvalue weighted by atomic mass is 10.1. The number of amides is 2. The molecular formula is C20H22N2O3. The summed E-state index contributed by atoms with van der Waals surface area (Å²) in [6.07, 6.45) is 0.152. The summed E-state index contributed by atoms with van der Waals surface area (Å²) in [6, 6.07) is 12.5. The van der Waals surface area contributed by atoms with Gasteiger partial charge in [0.1, 0.15) is 11.8 Å². The molecule has 0 unspecified atom stereocenters. The van der Waals surface area contributed by atoms with Crippen molar-refractivity contribution in [3.8, 4) is 5.75 Å². The van der Waals surface area contributed by atoms with E-state index in [0.717, 1.165) is 22.6 Å². The molecule has 1 saturated heterocycles. The van der Waals surface area contributed by atoms with E-state index in [4.69, 9.17) is 4.74 Å². The quantitative estimate of drug-likeness (QED) is 0.849. The molecule has 0 aromatic heterocycles. The zero-order valence-corrected chi connectivity index (χ0v) is 14.7. The van der Waals surface area contributed by atoms with Crippen LogP contribution in [0.2, 0.25) is 0 Å². The van der Waals surface area contributed by atoms with Crippen molar-refractivity contribution in [1.29, 1.82) is 0 Å². The van der Waals surface area contributed by atoms with Gasteiger partial charge in [-0.2, -0.15) is 0 Å². The van der Waals surface area contributed by atoms with Crippen LogP contribution in [0, 0.1) is 13.8 Å². The highest BCUT2D eigenvalue weighted by molar-refractivity contribution is 6.23. The molecule has 5 nitrogen and oxygen atoms in total. The molecule has 3 rings (SSSR count). The third-order valence-electron chi connectivity index (χ3n) is 4.40. The maximum Gasteiger partial charge on any atom is 0.256 e. The van der Waals surface area contributed by atoms with E-state index < -0.39 is 6.04 Å². The molecule has 2 aromatic carbocycles. The number of hydrogen-bond acceptors (Lipinski definition) is 4. The molecule has 0 aliphatic carbocycles. The fourth-order valence-corrected chi connectivity index (χ4v) is 2.90. The zero-order valence-electron chi connectivity index (χ0n) is 14.7. The number of nitrogens with zero attached hydrogens (tertiary/aromatic N) is 1. The van der Waals surface area contributed by atoms with Crippen LogP contribution in [0.5, 0.6) is 5.75 Å². The Morgan fingerprint density at radius 2 is 1.80 bits per heavy atom. The number of imide groups is 1. The molecule has 1 aliphatic heterocycles. The Labute approximate surface area is 147 Å². The second-order valence-electron chi connectivity index (χ2n) is 6.19. The maximum absolute atomic E-state index is 12.7. The number of benzene rings is 2. The van der Waals surface area contributed by atoms with Crippen LogP contribution in [0.15, 0.2) is 42.5 Å². The van der Waals surface area contributed by atoms with E-state index in [1.165, 1.54) is 4.90 Å². The normalized spacial score (nSPS) is 17.1. The van der Waals surface area contributed by atoms with Gasteiger partial charge in [-0.15, -0.1) is 0 Å². The van der Waals surface area contributed by atoms with Crippen molar-refractivity contribution in [3.05, 3.63) is 53.6 Å². The van der Waals surface area contributed by atoms with Crippen LogP contribution in [-0.2, 0) is 9.59 Å². The summed E-state index contributed by atoms with van der Waals surface area (Å²) in [5.74, 6) is 0.373. The number of carbonyl (C=O) groups is 2. The lowest BCUT2D eigenvalue weighted by Crippen LogP contribution is -2.34. The van der Waals surface area contributed by atoms with Gasteiger partial charge in [-0.25, -0.2) is 4.90 Å². The second-order valence-corrected chi connectivity index (χ2v) is 6.19. The van der Waals surface area contributed by atoms with E-state index in [9.17, 15) is 9.59 Å². The van der Waals surface area contributed by atoms with E-state index in [-0.39, 0.29) is 18.2 Å². The maximum atomic E-state index is 12.7. The van der Waals surface area contributed by atoms with E-state index in [0.29, 0.717) is 12.3 Å². The molecule has 0 radical (unpaired) electrons. The number of carbonyl (C=O) groups excluding carboxylic acids is 2. The molecule has 1 fully saturated rings. The molecule has 0 spiro atoms. The largest absolute Gasteiger partial charge is 0.494 e. The van der Waals surface area contributed by atoms with Crippen LogP contribution >= 0.6 is 0 Å². The van der Waals surface area contributed by atoms with Gasteiger partial charge in [0.15, 0.2) is 0 Å². The standard InChI is InChI=1S/C20H22N2O3/c1-4-25-17-9-6-15(7-10-17)21-18-12-19(23)22(20(18)24)16-8-5-13(2)14(3)11-16/h5-11,18,21H,4,12H2,1-3H3/t18-/m0/s1. The lowest BCUT2D eigenvalue weighted by Gasteiger charge is -2.17. The average Bonchev–Trinajstić information content (AvgIpc) is 2.86. The SMILES string of the molecule is CCOc1ccc(N[C@H]2CC(=O)N(c3ccc(C)c(C)c3)C2=O)cc1. The van der Waals surface area contributed by atoms with E-state index in [1.807, 2.05) is 63.2 Å². The summed E-state index contributed by atoms with van der Waals surface area (Å²) in [7, 11) is 0. The molecule has 2 aromatic rings. The predicted molar refractivity (Wildman–Crippen MR) is 98.0 cm³/mol. The van der Waals surface area contributed by atoms with E-state index in [1.54, 1.807) is 0 Å². The first kappa shape index (κ1) is 17.0. The monoisotopic (exact) mass is 338 g/mol. The Kier molecular flexibility index (Phi) is 4.74. The minimum Gasteiger partial charge on any atom is -0.494 e. The van der Waals surface area contributed by atoms with Gasteiger partial charge in [0.2, 0.25) is 5.91 Å². The highest BCUT2D eigenvalue weighted by Gasteiger charge is 2.39. The molecule has 2 amide bonds. The number of nitrogens with one attached hydrogen (secondary N) is 1. The zero-order chi connectivity index (χ0) is 18.0. The molecule has 25 heavy (non-hydrogen) atoms. The Bertz CT molecular complexity index is 799. The first-order valence-electron chi connectivity index (χ1n) is 8.43. The van der Waals surface area contributed by atoms with Gasteiger partial charge in [-0.05, 0) is 68.3 Å². The minimum atomic E-state index is -0.549. The Balaban J connectivity index is 1.75. The van der Waals surface area contributed by atoms with Crippen LogP contribution in [0.4, 0.5) is 11.4 Å². The van der Waals surface area contributed by atoms with Crippen LogP contribution in [0.25, 0.3) is 0 Å². The van der Waals surface area contributed by atoms with E-state index >= 15 is 0 Å². The van der Waals surface area contributed by atoms with Crippen molar-refractivity contribution in [1.82, 2.24) is 0 Å². The fourth-order valence-electron chi connectivity index (χ4n) is 2.90. The van der Waals surface area contributed by atoms with Crippen molar-refractivity contribution >= 4 is 23.2 Å². The van der Waals surface area contributed by atoms with Crippen molar-refractivity contribution in [2.45, 2.75) is 33.2 Å². The Hall–Kier alpha value is -2.82. The first-order chi connectivity index (χ1) is 12.0. The van der Waals surface area contributed by atoms with Gasteiger partial charge < -0.3 is 10.1 Å². The van der Waals surface area contributed by atoms with Gasteiger partial charge >= 0.3 is 0 Å². The second kappa shape index (κ2) is 6.97. The van der Waals surface area contributed by atoms with Gasteiger partial charge in [0.05, 0.1) is 18.7 Å². The average molecular weight is 338 g/mol. The number of aryl methyl sites for hydroxylation is 2. The van der Waals surface area contributed by atoms with Gasteiger partial charge in [0, 0.05) is 5.69 Å². The van der Waals surface area contributed by atoms with Crippen molar-refractivity contribution in [3.63, 3.8) is 0 Å². The van der Waals surface area contributed by atoms with Gasteiger partial charge in [-0.1, -0.05) is 6.07 Å². The molecule has 5 heteroatoms. The van der Waals surface area contributed by atoms with Crippen molar-refractivity contribution < 1.29 is 14.3 Å². The van der Waals surface area contributed by atoms with Crippen molar-refractivity contribution in [2.24, 2.45) is 0 Å². The molecule has 130 valence electrons. The third kappa shape index (κ3) is 3.50. The van der Waals surface area contributed by atoms with Crippen molar-refractivity contribution in [2.75, 3.05) is 16.8 Å². The Morgan fingerprint density at radius 1 is 1.08 bits per heavy atom. The fraction of sp³-hybridized carbons (Fsp3) is 0.300. The van der Waals surface area contributed by atoms with Gasteiger partial charge in [-0.3, -0.25) is 9.59 Å². The number of rotatable bonds is 5. The molecular weight excluding hydrogens is 316 g/mol. The number of anilines is 2. The summed E-state index contributed by atoms with van der Waals surface area (Å²) >= 11 is 0. The summed E-state index contributed by atoms with van der Waals surface area (Å²) in [5, 5.41) is 3.15. The highest BCUT2D eigenvalue weighted by Crippen LogP contribution is 2.27. The molecule has 0 saturated carbocycles. The summed E-state index contributed by atoms with van der Waals surface area (Å²) in [6.45, 7) is 6.51. The highest BCUT2D eigenvalue weighted by atomic mass is 16.5. The lowest BCUT2D eigenvalue weighted by molar-refractivity contribution is -0.121. The van der Waals surface area contributed by atoms with E-state index in [2.05, 4.69) is 5.32 Å².